The summed E-state index contributed by atoms with van der Waals surface area (Å²) in [5.74, 6) is -0.486. The zero-order valence-electron chi connectivity index (χ0n) is 18.1. The molecule has 7 nitrogen and oxygen atoms in total. The molecule has 0 fully saturated rings. The summed E-state index contributed by atoms with van der Waals surface area (Å²) >= 11 is 0. The van der Waals surface area contributed by atoms with Gasteiger partial charge in [0, 0.05) is 30.2 Å². The lowest BCUT2D eigenvalue weighted by Crippen LogP contribution is -2.35. The van der Waals surface area contributed by atoms with E-state index in [2.05, 4.69) is 10.3 Å². The molecule has 2 N–H and O–H groups in total. The number of anilines is 1. The molecule has 1 heterocycles. The third-order valence-electron chi connectivity index (χ3n) is 5.46. The smallest absolute Gasteiger partial charge is 0.264 e. The Bertz CT molecular complexity index is 1280. The first kappa shape index (κ1) is 22.6. The van der Waals surface area contributed by atoms with Crippen LogP contribution in [0.3, 0.4) is 0 Å². The summed E-state index contributed by atoms with van der Waals surface area (Å²) in [4.78, 5) is 28.3. The number of fused-ring (bicyclic) bond motifs is 1. The molecule has 3 rings (SSSR count). The van der Waals surface area contributed by atoms with Gasteiger partial charge < -0.3 is 10.3 Å². The average molecular weight is 442 g/mol. The van der Waals surface area contributed by atoms with E-state index in [9.17, 15) is 18.0 Å². The molecule has 0 radical (unpaired) electrons. The predicted octanol–water partition coefficient (Wildman–Crippen LogP) is 3.44. The van der Waals surface area contributed by atoms with E-state index >= 15 is 0 Å². The number of hydrogen-bond donors (Lipinski definition) is 2. The van der Waals surface area contributed by atoms with Crippen LogP contribution in [0.25, 0.3) is 10.9 Å². The molecule has 0 spiro atoms. The average Bonchev–Trinajstić information content (AvgIpc) is 2.78. The summed E-state index contributed by atoms with van der Waals surface area (Å²) in [6.45, 7) is 5.74. The molecule has 1 aromatic heterocycles. The summed E-state index contributed by atoms with van der Waals surface area (Å²) < 4.78 is 27.8. The minimum absolute atomic E-state index is 0.0154. The van der Waals surface area contributed by atoms with Crippen molar-refractivity contribution in [2.75, 3.05) is 11.4 Å². The van der Waals surface area contributed by atoms with Crippen LogP contribution in [-0.4, -0.2) is 32.4 Å². The molecule has 1 atom stereocenters. The minimum Gasteiger partial charge on any atom is -0.360 e. The zero-order chi connectivity index (χ0) is 22.8. The molecule has 1 amide bonds. The van der Waals surface area contributed by atoms with Crippen molar-refractivity contribution in [3.63, 3.8) is 0 Å². The monoisotopic (exact) mass is 441 g/mol. The molecule has 8 heteroatoms. The number of nitrogens with one attached hydrogen (secondary N) is 2. The van der Waals surface area contributed by atoms with Gasteiger partial charge in [0.15, 0.2) is 0 Å². The van der Waals surface area contributed by atoms with Crippen molar-refractivity contribution >= 4 is 32.5 Å². The number of amides is 1. The van der Waals surface area contributed by atoms with Crippen molar-refractivity contribution in [2.24, 2.45) is 0 Å². The summed E-state index contributed by atoms with van der Waals surface area (Å²) in [6, 6.07) is 11.5. The Morgan fingerprint density at radius 3 is 2.55 bits per heavy atom. The van der Waals surface area contributed by atoms with Crippen LogP contribution < -0.4 is 15.1 Å². The largest absolute Gasteiger partial charge is 0.360 e. The number of nitrogens with zero attached hydrogens (tertiary/aromatic N) is 1. The first-order chi connectivity index (χ1) is 14.7. The van der Waals surface area contributed by atoms with Crippen LogP contribution in [-0.2, 0) is 16.4 Å². The fourth-order valence-corrected chi connectivity index (χ4v) is 4.60. The Morgan fingerprint density at radius 2 is 1.87 bits per heavy atom. The van der Waals surface area contributed by atoms with Crippen LogP contribution in [0.15, 0.2) is 58.4 Å². The summed E-state index contributed by atoms with van der Waals surface area (Å²) in [5.41, 5.74) is 1.38. The summed E-state index contributed by atoms with van der Waals surface area (Å²) in [6.07, 6.45) is 2.77. The number of H-pyrrole nitrogens is 1. The van der Waals surface area contributed by atoms with Crippen molar-refractivity contribution in [1.82, 2.24) is 10.3 Å². The normalized spacial score (nSPS) is 12.5. The van der Waals surface area contributed by atoms with E-state index in [-0.39, 0.29) is 21.9 Å². The van der Waals surface area contributed by atoms with Gasteiger partial charge in [0.05, 0.1) is 10.6 Å². The molecule has 2 aromatic carbocycles. The number of para-hydroxylation sites is 1. The standard InChI is InChI=1S/C23H27N3O4S/c1-5-15(3)25-23(28)19-14-24-20-12-11-17(13-18(20)22(19)27)31(29,30)26(4)21-10-8-7-9-16(21)6-2/h7-15H,5-6H2,1-4H3,(H,24,27)(H,25,28)/t15-/m0/s1. The Morgan fingerprint density at radius 1 is 1.16 bits per heavy atom. The first-order valence-corrected chi connectivity index (χ1v) is 11.7. The van der Waals surface area contributed by atoms with Crippen LogP contribution in [0.5, 0.6) is 0 Å². The number of benzene rings is 2. The number of carbonyl (C=O) groups excluding carboxylic acids is 1. The van der Waals surface area contributed by atoms with E-state index in [0.717, 1.165) is 12.0 Å². The molecule has 0 aliphatic carbocycles. The number of hydrogen-bond acceptors (Lipinski definition) is 4. The highest BCUT2D eigenvalue weighted by Gasteiger charge is 2.24. The van der Waals surface area contributed by atoms with Crippen LogP contribution in [0.4, 0.5) is 5.69 Å². The molecule has 0 aliphatic rings. The fourth-order valence-electron chi connectivity index (χ4n) is 3.33. The number of rotatable bonds is 7. The predicted molar refractivity (Wildman–Crippen MR) is 123 cm³/mol. The summed E-state index contributed by atoms with van der Waals surface area (Å²) in [5, 5.41) is 2.91. The van der Waals surface area contributed by atoms with Crippen molar-refractivity contribution in [1.29, 1.82) is 0 Å². The number of sulfonamides is 1. The second kappa shape index (κ2) is 8.93. The van der Waals surface area contributed by atoms with Gasteiger partial charge in [-0.2, -0.15) is 0 Å². The van der Waals surface area contributed by atoms with Gasteiger partial charge in [-0.25, -0.2) is 8.42 Å². The van der Waals surface area contributed by atoms with Crippen LogP contribution >= 0.6 is 0 Å². The highest BCUT2D eigenvalue weighted by molar-refractivity contribution is 7.92. The second-order valence-electron chi connectivity index (χ2n) is 7.48. The van der Waals surface area contributed by atoms with Gasteiger partial charge in [-0.05, 0) is 49.6 Å². The molecular weight excluding hydrogens is 414 g/mol. The number of carbonyl (C=O) groups is 1. The van der Waals surface area contributed by atoms with Crippen LogP contribution in [0.1, 0.15) is 43.1 Å². The molecule has 31 heavy (non-hydrogen) atoms. The Labute approximate surface area is 182 Å². The second-order valence-corrected chi connectivity index (χ2v) is 9.45. The molecule has 0 saturated heterocycles. The van der Waals surface area contributed by atoms with Gasteiger partial charge in [-0.1, -0.05) is 32.0 Å². The Balaban J connectivity index is 2.08. The van der Waals surface area contributed by atoms with Crippen LogP contribution in [0, 0.1) is 0 Å². The number of aryl methyl sites for hydroxylation is 1. The molecule has 0 bridgehead atoms. The van der Waals surface area contributed by atoms with Crippen LogP contribution in [0.2, 0.25) is 0 Å². The summed E-state index contributed by atoms with van der Waals surface area (Å²) in [7, 11) is -2.41. The lowest BCUT2D eigenvalue weighted by atomic mass is 10.1. The van der Waals surface area contributed by atoms with Crippen molar-refractivity contribution in [3.8, 4) is 0 Å². The molecule has 0 unspecified atom stereocenters. The van der Waals surface area contributed by atoms with E-state index in [0.29, 0.717) is 17.6 Å². The third kappa shape index (κ3) is 4.34. The van der Waals surface area contributed by atoms with E-state index in [1.54, 1.807) is 18.2 Å². The third-order valence-corrected chi connectivity index (χ3v) is 7.22. The lowest BCUT2D eigenvalue weighted by Gasteiger charge is -2.22. The molecule has 0 saturated carbocycles. The number of pyridine rings is 1. The fraction of sp³-hybridized carbons (Fsp3) is 0.304. The van der Waals surface area contributed by atoms with Gasteiger partial charge >= 0.3 is 0 Å². The molecule has 3 aromatic rings. The lowest BCUT2D eigenvalue weighted by molar-refractivity contribution is 0.0938. The highest BCUT2D eigenvalue weighted by Crippen LogP contribution is 2.27. The molecular formula is C23H27N3O4S. The number of aromatic amines is 1. The molecule has 0 aliphatic heterocycles. The SMILES string of the molecule is CCc1ccccc1N(C)S(=O)(=O)c1ccc2[nH]cc(C(=O)N[C@@H](C)CC)c(=O)c2c1. The maximum absolute atomic E-state index is 13.3. The Kier molecular flexibility index (Phi) is 6.50. The minimum atomic E-state index is -3.91. The van der Waals surface area contributed by atoms with Crippen molar-refractivity contribution in [2.45, 2.75) is 44.6 Å². The van der Waals surface area contributed by atoms with E-state index in [1.165, 1.54) is 29.7 Å². The van der Waals surface area contributed by atoms with Gasteiger partial charge in [0.1, 0.15) is 5.56 Å². The Hall–Kier alpha value is -3.13. The van der Waals surface area contributed by atoms with Crippen molar-refractivity contribution in [3.05, 3.63) is 70.0 Å². The quantitative estimate of drug-likeness (QED) is 0.587. The van der Waals surface area contributed by atoms with Crippen molar-refractivity contribution < 1.29 is 13.2 Å². The molecule has 164 valence electrons. The van der Waals surface area contributed by atoms with E-state index in [4.69, 9.17) is 0 Å². The highest BCUT2D eigenvalue weighted by atomic mass is 32.2. The maximum atomic E-state index is 13.3. The van der Waals surface area contributed by atoms with E-state index < -0.39 is 21.4 Å². The zero-order valence-corrected chi connectivity index (χ0v) is 18.9. The topological polar surface area (TPSA) is 99.3 Å². The van der Waals surface area contributed by atoms with E-state index in [1.807, 2.05) is 32.9 Å². The first-order valence-electron chi connectivity index (χ1n) is 10.2. The maximum Gasteiger partial charge on any atom is 0.264 e. The van der Waals surface area contributed by atoms with Gasteiger partial charge in [0.2, 0.25) is 5.43 Å². The van der Waals surface area contributed by atoms with Gasteiger partial charge in [-0.3, -0.25) is 13.9 Å². The number of aromatic nitrogens is 1. The van der Waals surface area contributed by atoms with Gasteiger partial charge in [-0.15, -0.1) is 0 Å². The van der Waals surface area contributed by atoms with Gasteiger partial charge in [0.25, 0.3) is 15.9 Å².